The smallest absolute Gasteiger partial charge is 0.241 e. The summed E-state index contributed by atoms with van der Waals surface area (Å²) in [5, 5.41) is 0. The van der Waals surface area contributed by atoms with Crippen molar-refractivity contribution < 1.29 is 0 Å². The van der Waals surface area contributed by atoms with E-state index in [2.05, 4.69) is 101 Å². The molecule has 5 rings (SSSR count). The highest BCUT2D eigenvalue weighted by Gasteiger charge is 2.20. The Hall–Kier alpha value is -3.59. The van der Waals surface area contributed by atoms with Gasteiger partial charge in [-0.3, -0.25) is 0 Å². The number of para-hydroxylation sites is 2. The van der Waals surface area contributed by atoms with Gasteiger partial charge in [-0.2, -0.15) is 0 Å². The van der Waals surface area contributed by atoms with E-state index in [1.54, 1.807) is 6.33 Å². The van der Waals surface area contributed by atoms with Gasteiger partial charge in [0.2, 0.25) is 6.71 Å². The van der Waals surface area contributed by atoms with Gasteiger partial charge in [-0.15, -0.1) is 0 Å². The molecule has 0 aliphatic rings. The maximum Gasteiger partial charge on any atom is 0.241 e. The number of nitrogens with zero attached hydrogens (tertiary/aromatic N) is 1. The van der Waals surface area contributed by atoms with Gasteiger partial charge >= 0.3 is 0 Å². The van der Waals surface area contributed by atoms with Crippen molar-refractivity contribution in [2.24, 2.45) is 0 Å². The Balaban J connectivity index is 0.000000177. The first kappa shape index (κ1) is 17.8. The third-order valence-corrected chi connectivity index (χ3v) is 4.73. The largest absolute Gasteiger partial charge is 0.345 e. The molecule has 5 aromatic rings. The zero-order valence-corrected chi connectivity index (χ0v) is 15.6. The Morgan fingerprint density at radius 3 is 1.39 bits per heavy atom. The number of imidazole rings is 1. The molecule has 2 nitrogen and oxygen atoms in total. The van der Waals surface area contributed by atoms with E-state index in [-0.39, 0.29) is 0 Å². The summed E-state index contributed by atoms with van der Waals surface area (Å²) in [6.07, 6.45) is 1.70. The molecule has 0 radical (unpaired) electrons. The molecule has 134 valence electrons. The Morgan fingerprint density at radius 1 is 0.500 bits per heavy atom. The quantitative estimate of drug-likeness (QED) is 0.488. The van der Waals surface area contributed by atoms with Gasteiger partial charge in [0.15, 0.2) is 0 Å². The molecule has 0 fully saturated rings. The van der Waals surface area contributed by atoms with Crippen LogP contribution in [0.1, 0.15) is 0 Å². The van der Waals surface area contributed by atoms with Crippen LogP contribution in [0.15, 0.2) is 122 Å². The molecule has 1 aromatic heterocycles. The molecule has 0 atom stereocenters. The summed E-state index contributed by atoms with van der Waals surface area (Å²) in [4.78, 5) is 7.07. The van der Waals surface area contributed by atoms with E-state index in [4.69, 9.17) is 0 Å². The number of fused-ring (bicyclic) bond motifs is 1. The molecule has 0 aliphatic carbocycles. The van der Waals surface area contributed by atoms with Crippen LogP contribution in [0.4, 0.5) is 0 Å². The van der Waals surface area contributed by atoms with Crippen LogP contribution in [0.2, 0.25) is 0 Å². The molecule has 0 amide bonds. The molecule has 0 saturated heterocycles. The van der Waals surface area contributed by atoms with Gasteiger partial charge in [0.1, 0.15) is 0 Å². The SMILES string of the molecule is c1ccc(B(c2ccccc2)c2ccccc2)cc1.c1ccc2[nH]cnc2c1. The summed E-state index contributed by atoms with van der Waals surface area (Å²) in [5.74, 6) is 0. The van der Waals surface area contributed by atoms with E-state index in [1.165, 1.54) is 16.4 Å². The minimum absolute atomic E-state index is 0.309. The van der Waals surface area contributed by atoms with E-state index in [0.717, 1.165) is 11.0 Å². The molecule has 4 aromatic carbocycles. The van der Waals surface area contributed by atoms with Crippen molar-refractivity contribution in [3.05, 3.63) is 122 Å². The summed E-state index contributed by atoms with van der Waals surface area (Å²) in [5.41, 5.74) is 6.12. The Kier molecular flexibility index (Phi) is 5.64. The zero-order valence-electron chi connectivity index (χ0n) is 15.6. The number of H-pyrrole nitrogens is 1. The number of aromatic amines is 1. The Morgan fingerprint density at radius 2 is 0.929 bits per heavy atom. The fourth-order valence-electron chi connectivity index (χ4n) is 3.39. The molecule has 0 saturated carbocycles. The van der Waals surface area contributed by atoms with Crippen molar-refractivity contribution in [1.82, 2.24) is 9.97 Å². The second-order valence-electron chi connectivity index (χ2n) is 6.58. The third kappa shape index (κ3) is 4.21. The van der Waals surface area contributed by atoms with E-state index in [1.807, 2.05) is 24.3 Å². The van der Waals surface area contributed by atoms with Gasteiger partial charge < -0.3 is 4.98 Å². The van der Waals surface area contributed by atoms with Crippen molar-refractivity contribution in [1.29, 1.82) is 0 Å². The first-order valence-electron chi connectivity index (χ1n) is 9.45. The second-order valence-corrected chi connectivity index (χ2v) is 6.58. The van der Waals surface area contributed by atoms with E-state index < -0.39 is 0 Å². The highest BCUT2D eigenvalue weighted by Crippen LogP contribution is 2.05. The van der Waals surface area contributed by atoms with Crippen molar-refractivity contribution >= 4 is 34.1 Å². The maximum atomic E-state index is 4.06. The summed E-state index contributed by atoms with van der Waals surface area (Å²) >= 11 is 0. The molecular formula is C25H21BN2. The lowest BCUT2D eigenvalue weighted by Gasteiger charge is -2.15. The lowest BCUT2D eigenvalue weighted by Crippen LogP contribution is -2.51. The van der Waals surface area contributed by atoms with Crippen LogP contribution >= 0.6 is 0 Å². The van der Waals surface area contributed by atoms with Crippen molar-refractivity contribution in [3.8, 4) is 0 Å². The van der Waals surface area contributed by atoms with Crippen LogP contribution in [0.5, 0.6) is 0 Å². The fourth-order valence-corrected chi connectivity index (χ4v) is 3.39. The number of hydrogen-bond donors (Lipinski definition) is 1. The fraction of sp³-hybridized carbons (Fsp3) is 0. The predicted octanol–water partition coefficient (Wildman–Crippen LogP) is 3.77. The highest BCUT2D eigenvalue weighted by atomic mass is 14.9. The summed E-state index contributed by atoms with van der Waals surface area (Å²) in [6.45, 7) is 0.309. The number of benzene rings is 4. The predicted molar refractivity (Wildman–Crippen MR) is 120 cm³/mol. The van der Waals surface area contributed by atoms with Gasteiger partial charge in [0, 0.05) is 0 Å². The van der Waals surface area contributed by atoms with Crippen LogP contribution in [0.3, 0.4) is 0 Å². The van der Waals surface area contributed by atoms with Gasteiger partial charge in [-0.25, -0.2) is 4.98 Å². The normalized spacial score (nSPS) is 10.1. The molecule has 0 unspecified atom stereocenters. The summed E-state index contributed by atoms with van der Waals surface area (Å²) in [7, 11) is 0. The van der Waals surface area contributed by atoms with Crippen LogP contribution in [-0.4, -0.2) is 16.7 Å². The molecule has 3 heteroatoms. The number of aromatic nitrogens is 2. The van der Waals surface area contributed by atoms with Gasteiger partial charge in [0.05, 0.1) is 17.4 Å². The van der Waals surface area contributed by atoms with Gasteiger partial charge in [-0.05, 0) is 12.1 Å². The molecule has 1 N–H and O–H groups in total. The molecule has 28 heavy (non-hydrogen) atoms. The highest BCUT2D eigenvalue weighted by molar-refractivity contribution is 6.95. The number of nitrogens with one attached hydrogen (secondary N) is 1. The Labute approximate surface area is 166 Å². The van der Waals surface area contributed by atoms with E-state index >= 15 is 0 Å². The van der Waals surface area contributed by atoms with E-state index in [0.29, 0.717) is 6.71 Å². The molecule has 1 heterocycles. The molecule has 0 bridgehead atoms. The minimum Gasteiger partial charge on any atom is -0.345 e. The standard InChI is InChI=1S/C18H15B.C7H6N2/c1-4-10-16(11-5-1)19(17-12-6-2-7-13-17)18-14-8-3-9-15-18;1-2-4-7-6(3-1)8-5-9-7/h1-15H;1-5H,(H,8,9). The Bertz CT molecular complexity index is 982. The van der Waals surface area contributed by atoms with E-state index in [9.17, 15) is 0 Å². The van der Waals surface area contributed by atoms with Crippen LogP contribution in [0, 0.1) is 0 Å². The summed E-state index contributed by atoms with van der Waals surface area (Å²) in [6, 6.07) is 40.0. The maximum absolute atomic E-state index is 4.06. The summed E-state index contributed by atoms with van der Waals surface area (Å²) < 4.78 is 0. The topological polar surface area (TPSA) is 28.7 Å². The first-order chi connectivity index (χ1) is 13.9. The number of rotatable bonds is 3. The van der Waals surface area contributed by atoms with Crippen LogP contribution < -0.4 is 16.4 Å². The lowest BCUT2D eigenvalue weighted by molar-refractivity contribution is 1.34. The molecule has 0 aliphatic heterocycles. The molecule has 0 spiro atoms. The monoisotopic (exact) mass is 360 g/mol. The average molecular weight is 360 g/mol. The molecular weight excluding hydrogens is 339 g/mol. The average Bonchev–Trinajstić information content (AvgIpc) is 3.26. The van der Waals surface area contributed by atoms with Crippen LogP contribution in [0.25, 0.3) is 11.0 Å². The van der Waals surface area contributed by atoms with Gasteiger partial charge in [0.25, 0.3) is 0 Å². The second kappa shape index (κ2) is 8.87. The van der Waals surface area contributed by atoms with Crippen LogP contribution in [-0.2, 0) is 0 Å². The zero-order chi connectivity index (χ0) is 19.0. The third-order valence-electron chi connectivity index (χ3n) is 4.73. The number of hydrogen-bond acceptors (Lipinski definition) is 1. The van der Waals surface area contributed by atoms with Crippen molar-refractivity contribution in [2.75, 3.05) is 0 Å². The van der Waals surface area contributed by atoms with Crippen molar-refractivity contribution in [2.45, 2.75) is 0 Å². The lowest BCUT2D eigenvalue weighted by atomic mass is 9.37. The first-order valence-corrected chi connectivity index (χ1v) is 9.45. The minimum atomic E-state index is 0.309. The van der Waals surface area contributed by atoms with Crippen molar-refractivity contribution in [3.63, 3.8) is 0 Å². The van der Waals surface area contributed by atoms with Gasteiger partial charge in [-0.1, -0.05) is 120 Å².